The minimum Gasteiger partial charge on any atom is -0.489 e. The van der Waals surface area contributed by atoms with Crippen LogP contribution in [0.5, 0.6) is 5.75 Å². The summed E-state index contributed by atoms with van der Waals surface area (Å²) in [7, 11) is 0. The lowest BCUT2D eigenvalue weighted by Crippen LogP contribution is -2.08. The highest BCUT2D eigenvalue weighted by molar-refractivity contribution is 9.10. The van der Waals surface area contributed by atoms with Crippen LogP contribution >= 0.6 is 15.9 Å². The number of rotatable bonds is 5. The Morgan fingerprint density at radius 2 is 1.79 bits per heavy atom. The van der Waals surface area contributed by atoms with Crippen molar-refractivity contribution in [3.05, 3.63) is 64.1 Å². The predicted molar refractivity (Wildman–Crippen MR) is 82.1 cm³/mol. The van der Waals surface area contributed by atoms with Crippen molar-refractivity contribution >= 4 is 15.9 Å². The zero-order valence-electron chi connectivity index (χ0n) is 11.0. The Hall–Kier alpha value is -1.32. The van der Waals surface area contributed by atoms with E-state index in [1.807, 2.05) is 48.5 Å². The van der Waals surface area contributed by atoms with Crippen LogP contribution < -0.4 is 10.5 Å². The van der Waals surface area contributed by atoms with E-state index in [4.69, 9.17) is 10.5 Å². The van der Waals surface area contributed by atoms with Gasteiger partial charge in [-0.25, -0.2) is 0 Å². The van der Waals surface area contributed by atoms with Gasteiger partial charge in [0, 0.05) is 16.1 Å². The van der Waals surface area contributed by atoms with E-state index in [1.54, 1.807) is 0 Å². The maximum absolute atomic E-state index is 5.98. The second-order valence-electron chi connectivity index (χ2n) is 4.46. The van der Waals surface area contributed by atoms with E-state index in [1.165, 1.54) is 0 Å². The molecule has 0 aliphatic carbocycles. The SMILES string of the molecule is CCC(N)c1ccc(OCc2ccccc2Br)cc1. The number of benzene rings is 2. The molecule has 19 heavy (non-hydrogen) atoms. The van der Waals surface area contributed by atoms with Crippen molar-refractivity contribution in [2.75, 3.05) is 0 Å². The molecule has 0 aromatic heterocycles. The molecule has 2 N–H and O–H groups in total. The molecule has 2 aromatic carbocycles. The Morgan fingerprint density at radius 1 is 1.11 bits per heavy atom. The summed E-state index contributed by atoms with van der Waals surface area (Å²) in [5, 5.41) is 0. The van der Waals surface area contributed by atoms with Gasteiger partial charge in [0.15, 0.2) is 0 Å². The van der Waals surface area contributed by atoms with Gasteiger partial charge in [-0.3, -0.25) is 0 Å². The number of hydrogen-bond donors (Lipinski definition) is 1. The minimum atomic E-state index is 0.109. The lowest BCUT2D eigenvalue weighted by molar-refractivity contribution is 0.305. The molecule has 2 aromatic rings. The maximum Gasteiger partial charge on any atom is 0.119 e. The molecule has 2 nitrogen and oxygen atoms in total. The second kappa shape index (κ2) is 6.73. The fourth-order valence-corrected chi connectivity index (χ4v) is 2.22. The van der Waals surface area contributed by atoms with Gasteiger partial charge in [0.05, 0.1) is 0 Å². The summed E-state index contributed by atoms with van der Waals surface area (Å²) in [4.78, 5) is 0. The molecule has 0 amide bonds. The normalized spacial score (nSPS) is 12.2. The predicted octanol–water partition coefficient (Wildman–Crippen LogP) is 4.44. The van der Waals surface area contributed by atoms with Crippen LogP contribution in [0.25, 0.3) is 0 Å². The minimum absolute atomic E-state index is 0.109. The first-order valence-electron chi connectivity index (χ1n) is 6.42. The molecular formula is C16H18BrNO. The molecule has 1 atom stereocenters. The van der Waals surface area contributed by atoms with Gasteiger partial charge in [-0.1, -0.05) is 53.2 Å². The van der Waals surface area contributed by atoms with Crippen LogP contribution in [0.4, 0.5) is 0 Å². The largest absolute Gasteiger partial charge is 0.489 e. The first kappa shape index (κ1) is 14.1. The van der Waals surface area contributed by atoms with Gasteiger partial charge in [0.25, 0.3) is 0 Å². The quantitative estimate of drug-likeness (QED) is 0.884. The van der Waals surface area contributed by atoms with Gasteiger partial charge in [-0.2, -0.15) is 0 Å². The van der Waals surface area contributed by atoms with E-state index in [0.717, 1.165) is 27.8 Å². The van der Waals surface area contributed by atoms with Crippen molar-refractivity contribution in [2.24, 2.45) is 5.73 Å². The van der Waals surface area contributed by atoms with Crippen LogP contribution in [0.15, 0.2) is 53.0 Å². The van der Waals surface area contributed by atoms with Crippen LogP contribution in [-0.4, -0.2) is 0 Å². The van der Waals surface area contributed by atoms with Crippen LogP contribution in [0.1, 0.15) is 30.5 Å². The summed E-state index contributed by atoms with van der Waals surface area (Å²) in [5.74, 6) is 0.864. The first-order chi connectivity index (χ1) is 9.20. The van der Waals surface area contributed by atoms with E-state index in [2.05, 4.69) is 22.9 Å². The van der Waals surface area contributed by atoms with E-state index in [0.29, 0.717) is 6.61 Å². The topological polar surface area (TPSA) is 35.2 Å². The molecule has 0 bridgehead atoms. The van der Waals surface area contributed by atoms with Gasteiger partial charge in [0.2, 0.25) is 0 Å². The monoisotopic (exact) mass is 319 g/mol. The molecule has 2 rings (SSSR count). The average molecular weight is 320 g/mol. The summed E-state index contributed by atoms with van der Waals surface area (Å²) in [6, 6.07) is 16.2. The highest BCUT2D eigenvalue weighted by atomic mass is 79.9. The Bertz CT molecular complexity index is 525. The van der Waals surface area contributed by atoms with Crippen LogP contribution in [0.3, 0.4) is 0 Å². The molecule has 0 radical (unpaired) electrons. The highest BCUT2D eigenvalue weighted by Crippen LogP contribution is 2.21. The maximum atomic E-state index is 5.98. The number of nitrogens with two attached hydrogens (primary N) is 1. The summed E-state index contributed by atoms with van der Waals surface area (Å²) in [6.07, 6.45) is 0.942. The average Bonchev–Trinajstić information content (AvgIpc) is 2.46. The van der Waals surface area contributed by atoms with Crippen molar-refractivity contribution in [1.82, 2.24) is 0 Å². The molecule has 0 fully saturated rings. The molecule has 0 saturated heterocycles. The van der Waals surface area contributed by atoms with E-state index >= 15 is 0 Å². The van der Waals surface area contributed by atoms with Crippen molar-refractivity contribution < 1.29 is 4.74 Å². The van der Waals surface area contributed by atoms with Crippen molar-refractivity contribution in [2.45, 2.75) is 26.0 Å². The van der Waals surface area contributed by atoms with Gasteiger partial charge in [-0.15, -0.1) is 0 Å². The van der Waals surface area contributed by atoms with Gasteiger partial charge in [-0.05, 0) is 30.2 Å². The molecule has 0 aliphatic rings. The fraction of sp³-hybridized carbons (Fsp3) is 0.250. The molecule has 1 unspecified atom stereocenters. The zero-order chi connectivity index (χ0) is 13.7. The Balaban J connectivity index is 1.99. The third kappa shape index (κ3) is 3.82. The van der Waals surface area contributed by atoms with Gasteiger partial charge < -0.3 is 10.5 Å². The number of halogens is 1. The Morgan fingerprint density at radius 3 is 2.42 bits per heavy atom. The highest BCUT2D eigenvalue weighted by Gasteiger charge is 2.04. The van der Waals surface area contributed by atoms with Crippen molar-refractivity contribution in [3.63, 3.8) is 0 Å². The second-order valence-corrected chi connectivity index (χ2v) is 5.32. The molecule has 100 valence electrons. The lowest BCUT2D eigenvalue weighted by atomic mass is 10.1. The summed E-state index contributed by atoms with van der Waals surface area (Å²) in [5.41, 5.74) is 8.27. The molecular weight excluding hydrogens is 302 g/mol. The number of hydrogen-bond acceptors (Lipinski definition) is 2. The van der Waals surface area contributed by atoms with Gasteiger partial charge >= 0.3 is 0 Å². The summed E-state index contributed by atoms with van der Waals surface area (Å²) < 4.78 is 6.84. The molecule has 0 heterocycles. The summed E-state index contributed by atoms with van der Waals surface area (Å²) >= 11 is 3.51. The smallest absolute Gasteiger partial charge is 0.119 e. The first-order valence-corrected chi connectivity index (χ1v) is 7.21. The van der Waals surface area contributed by atoms with E-state index in [-0.39, 0.29) is 6.04 Å². The van der Waals surface area contributed by atoms with Crippen molar-refractivity contribution in [3.8, 4) is 5.75 Å². The summed E-state index contributed by atoms with van der Waals surface area (Å²) in [6.45, 7) is 2.64. The van der Waals surface area contributed by atoms with Crippen molar-refractivity contribution in [1.29, 1.82) is 0 Å². The van der Waals surface area contributed by atoms with Crippen LogP contribution in [-0.2, 0) is 6.61 Å². The Kier molecular flexibility index (Phi) is 5.00. The van der Waals surface area contributed by atoms with E-state index in [9.17, 15) is 0 Å². The van der Waals surface area contributed by atoms with E-state index < -0.39 is 0 Å². The molecule has 0 spiro atoms. The van der Waals surface area contributed by atoms with Gasteiger partial charge in [0.1, 0.15) is 12.4 Å². The number of ether oxygens (including phenoxy) is 1. The lowest BCUT2D eigenvalue weighted by Gasteiger charge is -2.11. The molecule has 3 heteroatoms. The third-order valence-electron chi connectivity index (χ3n) is 3.10. The molecule has 0 saturated carbocycles. The Labute approximate surface area is 122 Å². The standard InChI is InChI=1S/C16H18BrNO/c1-2-16(18)12-7-9-14(10-8-12)19-11-13-5-3-4-6-15(13)17/h3-10,16H,2,11,18H2,1H3. The third-order valence-corrected chi connectivity index (χ3v) is 3.87. The zero-order valence-corrected chi connectivity index (χ0v) is 12.6. The fourth-order valence-electron chi connectivity index (χ4n) is 1.82. The van der Waals surface area contributed by atoms with Crippen LogP contribution in [0, 0.1) is 0 Å². The van der Waals surface area contributed by atoms with Crippen LogP contribution in [0.2, 0.25) is 0 Å². The molecule has 0 aliphatic heterocycles.